The van der Waals surface area contributed by atoms with Gasteiger partial charge in [-0.05, 0) is 42.5 Å². The molecular formula is C14H19BrFNO. The molecule has 4 heteroatoms. The SMILES string of the molecule is CC(C)CCC(=O)NCCc1cc(Br)ccc1F. The Morgan fingerprint density at radius 2 is 2.17 bits per heavy atom. The number of rotatable bonds is 6. The summed E-state index contributed by atoms with van der Waals surface area (Å²) in [4.78, 5) is 11.5. The van der Waals surface area contributed by atoms with Gasteiger partial charge in [0.25, 0.3) is 0 Å². The van der Waals surface area contributed by atoms with Crippen molar-refractivity contribution < 1.29 is 9.18 Å². The van der Waals surface area contributed by atoms with Crippen LogP contribution in [0.3, 0.4) is 0 Å². The second kappa shape index (κ2) is 7.52. The van der Waals surface area contributed by atoms with E-state index < -0.39 is 0 Å². The van der Waals surface area contributed by atoms with Gasteiger partial charge in [-0.3, -0.25) is 4.79 Å². The molecule has 0 bridgehead atoms. The van der Waals surface area contributed by atoms with E-state index in [2.05, 4.69) is 35.1 Å². The van der Waals surface area contributed by atoms with E-state index >= 15 is 0 Å². The zero-order chi connectivity index (χ0) is 13.5. The van der Waals surface area contributed by atoms with Gasteiger partial charge in [0.15, 0.2) is 0 Å². The number of halogens is 2. The Morgan fingerprint density at radius 1 is 1.44 bits per heavy atom. The molecule has 0 radical (unpaired) electrons. The summed E-state index contributed by atoms with van der Waals surface area (Å²) in [6.45, 7) is 4.65. The highest BCUT2D eigenvalue weighted by Crippen LogP contribution is 2.15. The van der Waals surface area contributed by atoms with E-state index in [4.69, 9.17) is 0 Å². The lowest BCUT2D eigenvalue weighted by molar-refractivity contribution is -0.121. The van der Waals surface area contributed by atoms with Crippen molar-refractivity contribution >= 4 is 21.8 Å². The normalized spacial score (nSPS) is 10.7. The molecule has 0 heterocycles. The average Bonchev–Trinajstić information content (AvgIpc) is 2.31. The van der Waals surface area contributed by atoms with Crippen molar-refractivity contribution in [2.45, 2.75) is 33.1 Å². The second-order valence-electron chi connectivity index (χ2n) is 4.77. The summed E-state index contributed by atoms with van der Waals surface area (Å²) in [5.41, 5.74) is 0.619. The van der Waals surface area contributed by atoms with Crippen LogP contribution < -0.4 is 5.32 Å². The Morgan fingerprint density at radius 3 is 2.83 bits per heavy atom. The van der Waals surface area contributed by atoms with E-state index in [9.17, 15) is 9.18 Å². The lowest BCUT2D eigenvalue weighted by Crippen LogP contribution is -2.25. The van der Waals surface area contributed by atoms with E-state index in [1.807, 2.05) is 0 Å². The summed E-state index contributed by atoms with van der Waals surface area (Å²) < 4.78 is 14.3. The number of hydrogen-bond donors (Lipinski definition) is 1. The van der Waals surface area contributed by atoms with Gasteiger partial charge in [0.1, 0.15) is 5.82 Å². The van der Waals surface area contributed by atoms with E-state index in [0.717, 1.165) is 10.9 Å². The van der Waals surface area contributed by atoms with Crippen molar-refractivity contribution in [1.29, 1.82) is 0 Å². The summed E-state index contributed by atoms with van der Waals surface area (Å²) in [5.74, 6) is 0.340. The van der Waals surface area contributed by atoms with Crippen LogP contribution >= 0.6 is 15.9 Å². The molecule has 1 rings (SSSR count). The summed E-state index contributed by atoms with van der Waals surface area (Å²) in [6.07, 6.45) is 1.94. The predicted molar refractivity (Wildman–Crippen MR) is 74.9 cm³/mol. The van der Waals surface area contributed by atoms with E-state index in [1.54, 1.807) is 12.1 Å². The fourth-order valence-corrected chi connectivity index (χ4v) is 1.99. The lowest BCUT2D eigenvalue weighted by Gasteiger charge is -2.07. The number of benzene rings is 1. The highest BCUT2D eigenvalue weighted by Gasteiger charge is 2.05. The van der Waals surface area contributed by atoms with Crippen LogP contribution in [0.15, 0.2) is 22.7 Å². The highest BCUT2D eigenvalue weighted by atomic mass is 79.9. The van der Waals surface area contributed by atoms with E-state index in [0.29, 0.717) is 30.9 Å². The Kier molecular flexibility index (Phi) is 6.33. The van der Waals surface area contributed by atoms with Gasteiger partial charge < -0.3 is 5.32 Å². The summed E-state index contributed by atoms with van der Waals surface area (Å²) >= 11 is 3.30. The summed E-state index contributed by atoms with van der Waals surface area (Å²) in [5, 5.41) is 2.81. The zero-order valence-corrected chi connectivity index (χ0v) is 12.4. The van der Waals surface area contributed by atoms with Gasteiger partial charge in [-0.25, -0.2) is 4.39 Å². The topological polar surface area (TPSA) is 29.1 Å². The quantitative estimate of drug-likeness (QED) is 0.852. The van der Waals surface area contributed by atoms with Gasteiger partial charge in [-0.2, -0.15) is 0 Å². The van der Waals surface area contributed by atoms with Crippen molar-refractivity contribution in [3.05, 3.63) is 34.1 Å². The number of carbonyl (C=O) groups excluding carboxylic acids is 1. The molecule has 0 atom stereocenters. The van der Waals surface area contributed by atoms with Gasteiger partial charge in [0, 0.05) is 17.4 Å². The van der Waals surface area contributed by atoms with E-state index in [-0.39, 0.29) is 11.7 Å². The van der Waals surface area contributed by atoms with Crippen LogP contribution in [0.25, 0.3) is 0 Å². The zero-order valence-electron chi connectivity index (χ0n) is 10.8. The Balaban J connectivity index is 2.33. The summed E-state index contributed by atoms with van der Waals surface area (Å²) in [6, 6.07) is 4.84. The third kappa shape index (κ3) is 5.63. The number of carbonyl (C=O) groups is 1. The van der Waals surface area contributed by atoms with Crippen LogP contribution in [0.4, 0.5) is 4.39 Å². The smallest absolute Gasteiger partial charge is 0.220 e. The molecule has 1 aromatic carbocycles. The molecule has 0 aliphatic heterocycles. The van der Waals surface area contributed by atoms with Gasteiger partial charge in [-0.1, -0.05) is 29.8 Å². The molecule has 1 amide bonds. The molecule has 0 aromatic heterocycles. The first-order valence-corrected chi connectivity index (χ1v) is 6.99. The van der Waals surface area contributed by atoms with Gasteiger partial charge in [-0.15, -0.1) is 0 Å². The molecule has 0 fully saturated rings. The maximum absolute atomic E-state index is 13.4. The van der Waals surface area contributed by atoms with Crippen LogP contribution in [0.5, 0.6) is 0 Å². The first-order valence-electron chi connectivity index (χ1n) is 6.19. The van der Waals surface area contributed by atoms with Crippen LogP contribution in [0, 0.1) is 11.7 Å². The van der Waals surface area contributed by atoms with Crippen LogP contribution in [0.2, 0.25) is 0 Å². The van der Waals surface area contributed by atoms with Crippen LogP contribution in [-0.2, 0) is 11.2 Å². The van der Waals surface area contributed by atoms with Crippen molar-refractivity contribution in [2.24, 2.45) is 5.92 Å². The molecule has 1 aromatic rings. The molecule has 18 heavy (non-hydrogen) atoms. The number of amides is 1. The lowest BCUT2D eigenvalue weighted by atomic mass is 10.1. The number of nitrogens with one attached hydrogen (secondary N) is 1. The molecule has 0 spiro atoms. The molecule has 100 valence electrons. The van der Waals surface area contributed by atoms with E-state index in [1.165, 1.54) is 6.07 Å². The Hall–Kier alpha value is -0.900. The summed E-state index contributed by atoms with van der Waals surface area (Å²) in [7, 11) is 0. The fourth-order valence-electron chi connectivity index (χ4n) is 1.58. The maximum Gasteiger partial charge on any atom is 0.220 e. The first-order chi connectivity index (χ1) is 8.49. The largest absolute Gasteiger partial charge is 0.356 e. The maximum atomic E-state index is 13.4. The fraction of sp³-hybridized carbons (Fsp3) is 0.500. The van der Waals surface area contributed by atoms with Crippen molar-refractivity contribution in [3.8, 4) is 0 Å². The molecule has 0 saturated heterocycles. The average molecular weight is 316 g/mol. The molecule has 1 N–H and O–H groups in total. The standard InChI is InChI=1S/C14H19BrFNO/c1-10(2)3-6-14(18)17-8-7-11-9-12(15)4-5-13(11)16/h4-5,9-10H,3,6-8H2,1-2H3,(H,17,18). The molecular weight excluding hydrogens is 297 g/mol. The van der Waals surface area contributed by atoms with Crippen molar-refractivity contribution in [2.75, 3.05) is 6.54 Å². The monoisotopic (exact) mass is 315 g/mol. The minimum Gasteiger partial charge on any atom is -0.356 e. The van der Waals surface area contributed by atoms with Gasteiger partial charge in [0.2, 0.25) is 5.91 Å². The highest BCUT2D eigenvalue weighted by molar-refractivity contribution is 9.10. The van der Waals surface area contributed by atoms with Crippen LogP contribution in [0.1, 0.15) is 32.3 Å². The van der Waals surface area contributed by atoms with Crippen molar-refractivity contribution in [1.82, 2.24) is 5.32 Å². The minimum absolute atomic E-state index is 0.0408. The van der Waals surface area contributed by atoms with Crippen molar-refractivity contribution in [3.63, 3.8) is 0 Å². The molecule has 0 saturated carbocycles. The minimum atomic E-state index is -0.227. The van der Waals surface area contributed by atoms with Gasteiger partial charge >= 0.3 is 0 Å². The third-order valence-corrected chi connectivity index (χ3v) is 3.17. The Labute approximate surface area is 116 Å². The third-order valence-electron chi connectivity index (χ3n) is 2.67. The second-order valence-corrected chi connectivity index (χ2v) is 5.68. The Bertz CT molecular complexity index is 407. The number of hydrogen-bond acceptors (Lipinski definition) is 1. The molecule has 2 nitrogen and oxygen atoms in total. The predicted octanol–water partition coefficient (Wildman–Crippen LogP) is 3.68. The van der Waals surface area contributed by atoms with Gasteiger partial charge in [0.05, 0.1) is 0 Å². The molecule has 0 unspecified atom stereocenters. The molecule has 0 aliphatic carbocycles. The molecule has 0 aliphatic rings. The van der Waals surface area contributed by atoms with Crippen LogP contribution in [-0.4, -0.2) is 12.5 Å². The first kappa shape index (κ1) is 15.2.